The molecule has 0 spiro atoms. The molecule has 0 radical (unpaired) electrons. The van der Waals surface area contributed by atoms with Crippen LogP contribution in [0.5, 0.6) is 0 Å². The van der Waals surface area contributed by atoms with Gasteiger partial charge < -0.3 is 10.2 Å². The first kappa shape index (κ1) is 13.1. The van der Waals surface area contributed by atoms with E-state index in [1.807, 2.05) is 33.7 Å². The Balaban J connectivity index is 1.81. The molecule has 1 aliphatic heterocycles. The number of aromatic nitrogens is 3. The molecule has 1 atom stereocenters. The van der Waals surface area contributed by atoms with Crippen molar-refractivity contribution in [1.29, 1.82) is 0 Å². The van der Waals surface area contributed by atoms with Crippen LogP contribution in [0.2, 0.25) is 0 Å². The molecule has 1 N–H and O–H groups in total. The van der Waals surface area contributed by atoms with Gasteiger partial charge in [0.2, 0.25) is 5.91 Å². The van der Waals surface area contributed by atoms with Gasteiger partial charge in [-0.3, -0.25) is 9.20 Å². The van der Waals surface area contributed by atoms with Gasteiger partial charge in [-0.05, 0) is 32.0 Å². The van der Waals surface area contributed by atoms with Crippen LogP contribution in [-0.2, 0) is 4.79 Å². The Morgan fingerprint density at radius 3 is 3.20 bits per heavy atom. The highest BCUT2D eigenvalue weighted by molar-refractivity contribution is 5.78. The van der Waals surface area contributed by atoms with Crippen LogP contribution in [0.3, 0.4) is 0 Å². The van der Waals surface area contributed by atoms with Crippen molar-refractivity contribution >= 4 is 11.6 Å². The van der Waals surface area contributed by atoms with Crippen LogP contribution in [-0.4, -0.2) is 52.1 Å². The monoisotopic (exact) mass is 273 g/mol. The molecular formula is C14H19N5O. The van der Waals surface area contributed by atoms with E-state index < -0.39 is 0 Å². The average molecular weight is 273 g/mol. The van der Waals surface area contributed by atoms with Crippen LogP contribution >= 0.6 is 0 Å². The highest BCUT2D eigenvalue weighted by Gasteiger charge is 2.27. The van der Waals surface area contributed by atoms with Gasteiger partial charge in [0, 0.05) is 25.2 Å². The van der Waals surface area contributed by atoms with Gasteiger partial charge in [0.1, 0.15) is 5.82 Å². The summed E-state index contributed by atoms with van der Waals surface area (Å²) in [5, 5.41) is 11.4. The quantitative estimate of drug-likeness (QED) is 0.892. The summed E-state index contributed by atoms with van der Waals surface area (Å²) < 4.78 is 2.02. The van der Waals surface area contributed by atoms with Crippen molar-refractivity contribution in [3.05, 3.63) is 30.2 Å². The molecule has 1 saturated heterocycles. The lowest BCUT2D eigenvalue weighted by Crippen LogP contribution is -2.43. The van der Waals surface area contributed by atoms with Crippen molar-refractivity contribution in [2.24, 2.45) is 0 Å². The van der Waals surface area contributed by atoms with Crippen LogP contribution in [0, 0.1) is 0 Å². The zero-order chi connectivity index (χ0) is 13.9. The van der Waals surface area contributed by atoms with Gasteiger partial charge in [-0.15, -0.1) is 10.2 Å². The number of piperidine rings is 1. The van der Waals surface area contributed by atoms with Gasteiger partial charge in [0.25, 0.3) is 0 Å². The summed E-state index contributed by atoms with van der Waals surface area (Å²) in [6.07, 6.45) is 4.06. The molecule has 0 aromatic carbocycles. The van der Waals surface area contributed by atoms with Crippen molar-refractivity contribution in [3.63, 3.8) is 0 Å². The van der Waals surface area contributed by atoms with E-state index in [-0.39, 0.29) is 11.8 Å². The largest absolute Gasteiger partial charge is 0.341 e. The molecular weight excluding hydrogens is 254 g/mol. The minimum absolute atomic E-state index is 0.158. The maximum atomic E-state index is 12.0. The molecule has 1 fully saturated rings. The summed E-state index contributed by atoms with van der Waals surface area (Å²) >= 11 is 0. The highest BCUT2D eigenvalue weighted by Crippen LogP contribution is 2.25. The van der Waals surface area contributed by atoms with Crippen molar-refractivity contribution in [3.8, 4) is 0 Å². The second-order valence-corrected chi connectivity index (χ2v) is 5.20. The van der Waals surface area contributed by atoms with E-state index in [1.165, 1.54) is 0 Å². The number of carbonyl (C=O) groups is 1. The lowest BCUT2D eigenvalue weighted by Gasteiger charge is -2.32. The molecule has 6 nitrogen and oxygen atoms in total. The third kappa shape index (κ3) is 2.38. The Morgan fingerprint density at radius 1 is 1.45 bits per heavy atom. The van der Waals surface area contributed by atoms with Crippen molar-refractivity contribution in [2.75, 3.05) is 26.7 Å². The lowest BCUT2D eigenvalue weighted by atomic mass is 9.97. The Bertz CT molecular complexity index is 608. The van der Waals surface area contributed by atoms with Gasteiger partial charge in [-0.25, -0.2) is 0 Å². The van der Waals surface area contributed by atoms with Crippen LogP contribution in [0.15, 0.2) is 24.4 Å². The third-order valence-corrected chi connectivity index (χ3v) is 3.81. The molecule has 0 bridgehead atoms. The molecule has 2 aromatic heterocycles. The number of nitrogens with zero attached hydrogens (tertiary/aromatic N) is 4. The molecule has 3 heterocycles. The van der Waals surface area contributed by atoms with E-state index in [9.17, 15) is 4.79 Å². The number of rotatable bonds is 3. The van der Waals surface area contributed by atoms with Crippen LogP contribution in [0.1, 0.15) is 24.6 Å². The summed E-state index contributed by atoms with van der Waals surface area (Å²) in [7, 11) is 1.80. The van der Waals surface area contributed by atoms with E-state index in [2.05, 4.69) is 15.5 Å². The molecule has 20 heavy (non-hydrogen) atoms. The number of nitrogens with one attached hydrogen (secondary N) is 1. The predicted octanol–water partition coefficient (Wildman–Crippen LogP) is 0.655. The standard InChI is InChI=1S/C14H19N5O/c1-15-9-13(20)18-7-4-5-11(10-18)14-17-16-12-6-2-3-8-19(12)14/h2-3,6,8,11,15H,4-5,7,9-10H2,1H3. The number of amides is 1. The van der Waals surface area contributed by atoms with Gasteiger partial charge in [0.05, 0.1) is 6.54 Å². The van der Waals surface area contributed by atoms with Gasteiger partial charge in [0.15, 0.2) is 5.65 Å². The minimum atomic E-state index is 0.158. The number of pyridine rings is 1. The van der Waals surface area contributed by atoms with Crippen molar-refractivity contribution in [1.82, 2.24) is 24.8 Å². The Hall–Kier alpha value is -1.95. The smallest absolute Gasteiger partial charge is 0.236 e. The average Bonchev–Trinajstić information content (AvgIpc) is 2.91. The second kappa shape index (κ2) is 5.58. The minimum Gasteiger partial charge on any atom is -0.341 e. The number of carbonyl (C=O) groups excluding carboxylic acids is 1. The number of likely N-dealkylation sites (N-methyl/N-ethyl adjacent to an activating group) is 1. The summed E-state index contributed by atoms with van der Waals surface area (Å²) in [4.78, 5) is 13.9. The number of hydrogen-bond acceptors (Lipinski definition) is 4. The molecule has 1 amide bonds. The van der Waals surface area contributed by atoms with E-state index in [0.717, 1.165) is 37.4 Å². The molecule has 1 unspecified atom stereocenters. The fraction of sp³-hybridized carbons (Fsp3) is 0.500. The summed E-state index contributed by atoms with van der Waals surface area (Å²) in [6.45, 7) is 1.97. The highest BCUT2D eigenvalue weighted by atomic mass is 16.2. The SMILES string of the molecule is CNCC(=O)N1CCCC(c2nnc3ccccn23)C1. The maximum Gasteiger partial charge on any atom is 0.236 e. The molecule has 106 valence electrons. The Morgan fingerprint density at radius 2 is 2.35 bits per heavy atom. The van der Waals surface area contributed by atoms with Crippen LogP contribution < -0.4 is 5.32 Å². The maximum absolute atomic E-state index is 12.0. The van der Waals surface area contributed by atoms with Gasteiger partial charge in [-0.1, -0.05) is 6.07 Å². The van der Waals surface area contributed by atoms with Crippen LogP contribution in [0.4, 0.5) is 0 Å². The zero-order valence-corrected chi connectivity index (χ0v) is 11.6. The van der Waals surface area contributed by atoms with Gasteiger partial charge >= 0.3 is 0 Å². The summed E-state index contributed by atoms with van der Waals surface area (Å²) in [5.74, 6) is 1.38. The second-order valence-electron chi connectivity index (χ2n) is 5.20. The number of likely N-dealkylation sites (tertiary alicyclic amines) is 1. The fourth-order valence-corrected chi connectivity index (χ4v) is 2.82. The zero-order valence-electron chi connectivity index (χ0n) is 11.6. The van der Waals surface area contributed by atoms with Crippen molar-refractivity contribution < 1.29 is 4.79 Å². The summed E-state index contributed by atoms with van der Waals surface area (Å²) in [6, 6.07) is 5.88. The first-order valence-electron chi connectivity index (χ1n) is 7.01. The Labute approximate surface area is 117 Å². The van der Waals surface area contributed by atoms with Gasteiger partial charge in [-0.2, -0.15) is 0 Å². The first-order chi connectivity index (χ1) is 9.79. The molecule has 0 aliphatic carbocycles. The lowest BCUT2D eigenvalue weighted by molar-refractivity contribution is -0.131. The first-order valence-corrected chi connectivity index (χ1v) is 7.01. The van der Waals surface area contributed by atoms with E-state index in [4.69, 9.17) is 0 Å². The number of fused-ring (bicyclic) bond motifs is 1. The molecule has 0 saturated carbocycles. The van der Waals surface area contributed by atoms with Crippen molar-refractivity contribution in [2.45, 2.75) is 18.8 Å². The molecule has 3 rings (SSSR count). The normalized spacial score (nSPS) is 19.4. The van der Waals surface area contributed by atoms with E-state index in [0.29, 0.717) is 6.54 Å². The van der Waals surface area contributed by atoms with E-state index in [1.54, 1.807) is 7.05 Å². The molecule has 1 aliphatic rings. The Kier molecular flexibility index (Phi) is 3.64. The summed E-state index contributed by atoms with van der Waals surface area (Å²) in [5.41, 5.74) is 0.862. The predicted molar refractivity (Wildman–Crippen MR) is 75.5 cm³/mol. The topological polar surface area (TPSA) is 62.5 Å². The fourth-order valence-electron chi connectivity index (χ4n) is 2.82. The van der Waals surface area contributed by atoms with E-state index >= 15 is 0 Å². The molecule has 2 aromatic rings. The van der Waals surface area contributed by atoms with Crippen LogP contribution in [0.25, 0.3) is 5.65 Å². The number of hydrogen-bond donors (Lipinski definition) is 1. The molecule has 6 heteroatoms. The third-order valence-electron chi connectivity index (χ3n) is 3.81.